The first-order valence-electron chi connectivity index (χ1n) is 12.9. The van der Waals surface area contributed by atoms with Crippen molar-refractivity contribution in [1.82, 2.24) is 29.3 Å². The molecule has 178 valence electrons. The minimum atomic E-state index is 0.187. The first-order chi connectivity index (χ1) is 17.3. The Morgan fingerprint density at radius 2 is 1.66 bits per heavy atom. The van der Waals surface area contributed by atoms with Crippen LogP contribution in [-0.2, 0) is 6.54 Å². The molecule has 0 N–H and O–H groups in total. The van der Waals surface area contributed by atoms with Gasteiger partial charge in [-0.2, -0.15) is 15.5 Å². The molecule has 1 aliphatic heterocycles. The first-order valence-corrected chi connectivity index (χ1v) is 12.9. The van der Waals surface area contributed by atoms with Crippen LogP contribution in [0.2, 0.25) is 0 Å². The summed E-state index contributed by atoms with van der Waals surface area (Å²) in [6.45, 7) is 4.45. The highest BCUT2D eigenvalue weighted by molar-refractivity contribution is 5.83. The second-order valence-electron chi connectivity index (χ2n) is 9.96. The van der Waals surface area contributed by atoms with E-state index >= 15 is 0 Å². The van der Waals surface area contributed by atoms with E-state index in [-0.39, 0.29) is 5.92 Å². The SMILES string of the molecule is N#CC1CCC(c2nccn3ncc(-c4ccc(-c5cnn(CCN6CCCC6)c5)cc4)c23)CC1. The van der Waals surface area contributed by atoms with Crippen molar-refractivity contribution in [3.63, 3.8) is 0 Å². The van der Waals surface area contributed by atoms with E-state index in [9.17, 15) is 5.26 Å². The fraction of sp³-hybridized carbons (Fsp3) is 0.429. The van der Waals surface area contributed by atoms with Crippen molar-refractivity contribution < 1.29 is 0 Å². The Bertz CT molecular complexity index is 1330. The molecule has 35 heavy (non-hydrogen) atoms. The lowest BCUT2D eigenvalue weighted by atomic mass is 9.80. The van der Waals surface area contributed by atoms with Gasteiger partial charge in [0.05, 0.1) is 36.2 Å². The van der Waals surface area contributed by atoms with Gasteiger partial charge in [-0.25, -0.2) is 4.52 Å². The van der Waals surface area contributed by atoms with Crippen LogP contribution in [0, 0.1) is 17.2 Å². The maximum absolute atomic E-state index is 9.27. The molecule has 6 rings (SSSR count). The van der Waals surface area contributed by atoms with Gasteiger partial charge in [-0.05, 0) is 62.7 Å². The van der Waals surface area contributed by atoms with Crippen LogP contribution in [0.5, 0.6) is 0 Å². The number of benzene rings is 1. The van der Waals surface area contributed by atoms with Crippen LogP contribution in [0.15, 0.2) is 55.2 Å². The van der Waals surface area contributed by atoms with Gasteiger partial charge in [-0.1, -0.05) is 24.3 Å². The molecule has 4 heterocycles. The van der Waals surface area contributed by atoms with E-state index in [2.05, 4.69) is 56.3 Å². The number of hydrogen-bond acceptors (Lipinski definition) is 5. The summed E-state index contributed by atoms with van der Waals surface area (Å²) in [5.74, 6) is 0.567. The van der Waals surface area contributed by atoms with Crippen LogP contribution in [0.25, 0.3) is 27.8 Å². The summed E-state index contributed by atoms with van der Waals surface area (Å²) in [7, 11) is 0. The summed E-state index contributed by atoms with van der Waals surface area (Å²) >= 11 is 0. The Morgan fingerprint density at radius 1 is 0.886 bits per heavy atom. The van der Waals surface area contributed by atoms with Crippen LogP contribution in [0.1, 0.15) is 50.1 Å². The number of nitrogens with zero attached hydrogens (tertiary/aromatic N) is 7. The molecule has 1 aromatic carbocycles. The number of nitriles is 1. The van der Waals surface area contributed by atoms with E-state index in [0.29, 0.717) is 5.92 Å². The van der Waals surface area contributed by atoms with Gasteiger partial charge in [-0.3, -0.25) is 9.67 Å². The van der Waals surface area contributed by atoms with Gasteiger partial charge in [0.15, 0.2) is 0 Å². The summed E-state index contributed by atoms with van der Waals surface area (Å²) in [5, 5.41) is 18.5. The molecule has 1 saturated carbocycles. The van der Waals surface area contributed by atoms with Gasteiger partial charge < -0.3 is 4.90 Å². The quantitative estimate of drug-likeness (QED) is 0.393. The molecule has 0 bridgehead atoms. The fourth-order valence-corrected chi connectivity index (χ4v) is 5.70. The minimum Gasteiger partial charge on any atom is -0.301 e. The molecular weight excluding hydrogens is 434 g/mol. The van der Waals surface area contributed by atoms with Crippen molar-refractivity contribution in [3.05, 3.63) is 60.9 Å². The Kier molecular flexibility index (Phi) is 6.05. The summed E-state index contributed by atoms with van der Waals surface area (Å²) in [5.41, 5.74) is 6.78. The van der Waals surface area contributed by atoms with Gasteiger partial charge in [0.25, 0.3) is 0 Å². The lowest BCUT2D eigenvalue weighted by Crippen LogP contribution is -2.24. The molecule has 7 nitrogen and oxygen atoms in total. The van der Waals surface area contributed by atoms with Gasteiger partial charge in [-0.15, -0.1) is 0 Å². The summed E-state index contributed by atoms with van der Waals surface area (Å²) < 4.78 is 4.01. The summed E-state index contributed by atoms with van der Waals surface area (Å²) in [6.07, 6.45) is 16.4. The molecular formula is C28H31N7. The number of aromatic nitrogens is 5. The predicted octanol–water partition coefficient (Wildman–Crippen LogP) is 5.15. The minimum absolute atomic E-state index is 0.187. The van der Waals surface area contributed by atoms with E-state index in [4.69, 9.17) is 4.98 Å². The van der Waals surface area contributed by atoms with Crippen LogP contribution in [0.3, 0.4) is 0 Å². The second kappa shape index (κ2) is 9.63. The summed E-state index contributed by atoms with van der Waals surface area (Å²) in [4.78, 5) is 7.31. The third kappa shape index (κ3) is 4.46. The zero-order chi connectivity index (χ0) is 23.6. The molecule has 7 heteroatoms. The smallest absolute Gasteiger partial charge is 0.0958 e. The topological polar surface area (TPSA) is 75.0 Å². The Balaban J connectivity index is 1.22. The van der Waals surface area contributed by atoms with Crippen LogP contribution < -0.4 is 0 Å². The van der Waals surface area contributed by atoms with E-state index in [1.165, 1.54) is 31.5 Å². The van der Waals surface area contributed by atoms with Gasteiger partial charge in [0.1, 0.15) is 0 Å². The standard InChI is InChI=1S/C28H31N7/c29-17-21-3-5-24(6-4-21)27-28-26(19-32-35(28)14-11-30-27)23-9-7-22(8-10-23)25-18-31-34(20-25)16-15-33-12-1-2-13-33/h7-11,14,18-21,24H,1-6,12-13,15-16H2. The average molecular weight is 466 g/mol. The molecule has 0 spiro atoms. The molecule has 3 aromatic heterocycles. The van der Waals surface area contributed by atoms with Crippen molar-refractivity contribution in [2.75, 3.05) is 19.6 Å². The highest BCUT2D eigenvalue weighted by Gasteiger charge is 2.26. The molecule has 0 radical (unpaired) electrons. The second-order valence-corrected chi connectivity index (χ2v) is 9.96. The largest absolute Gasteiger partial charge is 0.301 e. The predicted molar refractivity (Wildman–Crippen MR) is 136 cm³/mol. The normalized spacial score (nSPS) is 20.9. The molecule has 0 unspecified atom stereocenters. The average Bonchev–Trinajstić information content (AvgIpc) is 3.68. The van der Waals surface area contributed by atoms with E-state index in [0.717, 1.165) is 66.7 Å². The van der Waals surface area contributed by atoms with Crippen LogP contribution in [-0.4, -0.2) is 48.9 Å². The number of likely N-dealkylation sites (tertiary alicyclic amines) is 1. The lowest BCUT2D eigenvalue weighted by Gasteiger charge is -2.24. The Hall–Kier alpha value is -3.50. The van der Waals surface area contributed by atoms with Crippen molar-refractivity contribution >= 4 is 5.52 Å². The molecule has 0 amide bonds. The van der Waals surface area contributed by atoms with Gasteiger partial charge in [0.2, 0.25) is 0 Å². The highest BCUT2D eigenvalue weighted by atomic mass is 15.3. The molecule has 1 aliphatic carbocycles. The number of fused-ring (bicyclic) bond motifs is 1. The third-order valence-electron chi connectivity index (χ3n) is 7.76. The summed E-state index contributed by atoms with van der Waals surface area (Å²) in [6, 6.07) is 11.1. The van der Waals surface area contributed by atoms with E-state index in [1.54, 1.807) is 0 Å². The van der Waals surface area contributed by atoms with Crippen molar-refractivity contribution in [1.29, 1.82) is 5.26 Å². The monoisotopic (exact) mass is 465 g/mol. The maximum Gasteiger partial charge on any atom is 0.0958 e. The Labute approximate surface area is 206 Å². The first kappa shape index (κ1) is 22.0. The fourth-order valence-electron chi connectivity index (χ4n) is 5.70. The van der Waals surface area contributed by atoms with Crippen LogP contribution >= 0.6 is 0 Å². The van der Waals surface area contributed by atoms with E-state index in [1.807, 2.05) is 29.3 Å². The van der Waals surface area contributed by atoms with Crippen molar-refractivity contribution in [3.8, 4) is 28.3 Å². The molecule has 0 atom stereocenters. The third-order valence-corrected chi connectivity index (χ3v) is 7.76. The number of hydrogen-bond donors (Lipinski definition) is 0. The van der Waals surface area contributed by atoms with Crippen molar-refractivity contribution in [2.45, 2.75) is 51.0 Å². The lowest BCUT2D eigenvalue weighted by molar-refractivity contribution is 0.316. The molecule has 2 aliphatic rings. The van der Waals surface area contributed by atoms with Crippen LogP contribution in [0.4, 0.5) is 0 Å². The molecule has 2 fully saturated rings. The molecule has 1 saturated heterocycles. The maximum atomic E-state index is 9.27. The highest BCUT2D eigenvalue weighted by Crippen LogP contribution is 2.38. The zero-order valence-corrected chi connectivity index (χ0v) is 20.1. The van der Waals surface area contributed by atoms with Gasteiger partial charge >= 0.3 is 0 Å². The Morgan fingerprint density at radius 3 is 2.43 bits per heavy atom. The number of rotatable bonds is 6. The van der Waals surface area contributed by atoms with Crippen molar-refractivity contribution in [2.24, 2.45) is 5.92 Å². The van der Waals surface area contributed by atoms with E-state index < -0.39 is 0 Å². The zero-order valence-electron chi connectivity index (χ0n) is 20.1. The van der Waals surface area contributed by atoms with Gasteiger partial charge in [0, 0.05) is 48.1 Å². The molecule has 4 aromatic rings.